The van der Waals surface area contributed by atoms with Gasteiger partial charge in [0.1, 0.15) is 0 Å². The Balaban J connectivity index is 1.08. The fraction of sp³-hybridized carbons (Fsp3) is 0.0556. The monoisotopic (exact) mass is 757 g/mol. The summed E-state index contributed by atoms with van der Waals surface area (Å²) in [5.41, 5.74) is 12.9. The standard InChI is InChI=1S/C54H39N5/c1-3-38-16-11-6-14-33-58(44-29-25-37(2)26-30-44)49-31-27-41(35-47(38)49)42-28-32-51-48(36-42)46-23-12-13-24-50(46)59(51)45-22-15-21-43(34-45)54-56-52(39-17-7-4-8-18-39)55-53(57-54)40-19-9-5-10-20-40/h1,4-32,34-36,38H,33H2,2H3/b14-6-,16-11-. The van der Waals surface area contributed by atoms with E-state index in [1.165, 1.54) is 16.3 Å². The van der Waals surface area contributed by atoms with Crippen LogP contribution in [-0.2, 0) is 0 Å². The number of terminal acetylenes is 1. The molecule has 7 aromatic carbocycles. The lowest BCUT2D eigenvalue weighted by molar-refractivity contribution is 1.05. The molecule has 1 aliphatic rings. The van der Waals surface area contributed by atoms with Crippen molar-refractivity contribution in [3.05, 3.63) is 205 Å². The third kappa shape index (κ3) is 6.77. The second-order valence-corrected chi connectivity index (χ2v) is 14.9. The molecule has 5 nitrogen and oxygen atoms in total. The first-order valence-electron chi connectivity index (χ1n) is 19.9. The van der Waals surface area contributed by atoms with Crippen molar-refractivity contribution in [2.75, 3.05) is 11.4 Å². The van der Waals surface area contributed by atoms with E-state index in [0.717, 1.165) is 68.0 Å². The van der Waals surface area contributed by atoms with Gasteiger partial charge in [0.15, 0.2) is 17.5 Å². The zero-order valence-electron chi connectivity index (χ0n) is 32.6. The predicted molar refractivity (Wildman–Crippen MR) is 244 cm³/mol. The number of nitrogens with zero attached hydrogens (tertiary/aromatic N) is 5. The van der Waals surface area contributed by atoms with Gasteiger partial charge >= 0.3 is 0 Å². The van der Waals surface area contributed by atoms with Gasteiger partial charge in [-0.3, -0.25) is 0 Å². The Hall–Kier alpha value is -7.81. The fourth-order valence-electron chi connectivity index (χ4n) is 8.12. The predicted octanol–water partition coefficient (Wildman–Crippen LogP) is 12.9. The highest BCUT2D eigenvalue weighted by Gasteiger charge is 2.21. The molecule has 0 aliphatic carbocycles. The number of hydrogen-bond donors (Lipinski definition) is 0. The number of benzene rings is 7. The van der Waals surface area contributed by atoms with Crippen molar-refractivity contribution in [3.8, 4) is 63.3 Å². The number of fused-ring (bicyclic) bond motifs is 4. The fourth-order valence-corrected chi connectivity index (χ4v) is 8.12. The van der Waals surface area contributed by atoms with Crippen LogP contribution in [0.2, 0.25) is 0 Å². The smallest absolute Gasteiger partial charge is 0.164 e. The lowest BCUT2D eigenvalue weighted by atomic mass is 9.92. The highest BCUT2D eigenvalue weighted by atomic mass is 15.1. The maximum absolute atomic E-state index is 6.24. The quantitative estimate of drug-likeness (QED) is 0.159. The molecular weight excluding hydrogens is 719 g/mol. The van der Waals surface area contributed by atoms with Gasteiger partial charge < -0.3 is 9.47 Å². The van der Waals surface area contributed by atoms with Crippen LogP contribution in [0.3, 0.4) is 0 Å². The van der Waals surface area contributed by atoms with Crippen molar-refractivity contribution >= 4 is 33.2 Å². The van der Waals surface area contributed by atoms with Gasteiger partial charge in [-0.25, -0.2) is 15.0 Å². The number of anilines is 2. The van der Waals surface area contributed by atoms with Crippen LogP contribution in [0.15, 0.2) is 194 Å². The molecule has 3 heterocycles. The number of aryl methyl sites for hydroxylation is 1. The Bertz CT molecular complexity index is 3040. The van der Waals surface area contributed by atoms with Gasteiger partial charge in [-0.1, -0.05) is 151 Å². The number of para-hydroxylation sites is 1. The van der Waals surface area contributed by atoms with E-state index in [1.54, 1.807) is 0 Å². The maximum Gasteiger partial charge on any atom is 0.164 e. The first kappa shape index (κ1) is 35.6. The number of allylic oxidation sites excluding steroid dienone is 3. The van der Waals surface area contributed by atoms with Crippen molar-refractivity contribution in [1.82, 2.24) is 19.5 Å². The topological polar surface area (TPSA) is 46.8 Å². The molecule has 0 bridgehead atoms. The van der Waals surface area contributed by atoms with Crippen LogP contribution in [0, 0.1) is 19.3 Å². The molecule has 2 aromatic heterocycles. The lowest BCUT2D eigenvalue weighted by Crippen LogP contribution is -2.19. The van der Waals surface area contributed by atoms with E-state index in [2.05, 4.69) is 156 Å². The van der Waals surface area contributed by atoms with E-state index in [-0.39, 0.29) is 5.92 Å². The molecule has 0 amide bonds. The highest BCUT2D eigenvalue weighted by molar-refractivity contribution is 6.10. The van der Waals surface area contributed by atoms with Crippen molar-refractivity contribution in [1.29, 1.82) is 0 Å². The minimum atomic E-state index is -0.185. The van der Waals surface area contributed by atoms with Crippen LogP contribution < -0.4 is 4.90 Å². The molecule has 0 fully saturated rings. The molecular formula is C54H39N5. The summed E-state index contributed by atoms with van der Waals surface area (Å²) in [4.78, 5) is 17.3. The van der Waals surface area contributed by atoms with Crippen molar-refractivity contribution < 1.29 is 0 Å². The second-order valence-electron chi connectivity index (χ2n) is 14.9. The van der Waals surface area contributed by atoms with Gasteiger partial charge in [-0.2, -0.15) is 0 Å². The Morgan fingerprint density at radius 1 is 0.525 bits per heavy atom. The van der Waals surface area contributed by atoms with Crippen molar-refractivity contribution in [2.24, 2.45) is 0 Å². The summed E-state index contributed by atoms with van der Waals surface area (Å²) in [6.45, 7) is 2.85. The van der Waals surface area contributed by atoms with Crippen LogP contribution >= 0.6 is 0 Å². The van der Waals surface area contributed by atoms with Crippen LogP contribution in [-0.4, -0.2) is 26.1 Å². The first-order chi connectivity index (χ1) is 29.1. The molecule has 0 saturated heterocycles. The van der Waals surface area contributed by atoms with Gasteiger partial charge in [0.2, 0.25) is 0 Å². The Morgan fingerprint density at radius 2 is 1.15 bits per heavy atom. The Labute approximate surface area is 344 Å². The van der Waals surface area contributed by atoms with Crippen LogP contribution in [0.25, 0.3) is 72.8 Å². The summed E-state index contributed by atoms with van der Waals surface area (Å²) in [5, 5.41) is 2.35. The minimum Gasteiger partial charge on any atom is -0.337 e. The van der Waals surface area contributed by atoms with Crippen LogP contribution in [0.5, 0.6) is 0 Å². The third-order valence-corrected chi connectivity index (χ3v) is 11.1. The zero-order chi connectivity index (χ0) is 39.7. The maximum atomic E-state index is 6.24. The van der Waals surface area contributed by atoms with E-state index in [9.17, 15) is 0 Å². The minimum absolute atomic E-state index is 0.185. The second kappa shape index (κ2) is 15.3. The Kier molecular flexibility index (Phi) is 9.21. The highest BCUT2D eigenvalue weighted by Crippen LogP contribution is 2.40. The SMILES string of the molecule is C#CC1/C=C\C=C/CN(c2ccc(C)cc2)c2ccc(-c3ccc4c(c3)c3ccccc3n4-c3cccc(-c4nc(-c5ccccc5)nc(-c5ccccc5)n4)c3)cc21. The van der Waals surface area contributed by atoms with Gasteiger partial charge in [-0.05, 0) is 78.2 Å². The summed E-state index contributed by atoms with van der Waals surface area (Å²) >= 11 is 0. The van der Waals surface area contributed by atoms with E-state index < -0.39 is 0 Å². The lowest BCUT2D eigenvalue weighted by Gasteiger charge is -2.28. The molecule has 280 valence electrons. The summed E-state index contributed by atoms with van der Waals surface area (Å²) in [7, 11) is 0. The molecule has 59 heavy (non-hydrogen) atoms. The summed E-state index contributed by atoms with van der Waals surface area (Å²) in [6.07, 6.45) is 14.7. The van der Waals surface area contributed by atoms with E-state index in [0.29, 0.717) is 17.5 Å². The molecule has 1 atom stereocenters. The number of aromatic nitrogens is 4. The molecule has 10 rings (SSSR count). The van der Waals surface area contributed by atoms with E-state index >= 15 is 0 Å². The van der Waals surface area contributed by atoms with Gasteiger partial charge in [0.05, 0.1) is 17.0 Å². The zero-order valence-corrected chi connectivity index (χ0v) is 32.6. The number of hydrogen-bond acceptors (Lipinski definition) is 4. The summed E-state index contributed by atoms with van der Waals surface area (Å²) in [6, 6.07) is 59.5. The average molecular weight is 758 g/mol. The van der Waals surface area contributed by atoms with Crippen molar-refractivity contribution in [3.63, 3.8) is 0 Å². The van der Waals surface area contributed by atoms with Crippen molar-refractivity contribution in [2.45, 2.75) is 12.8 Å². The molecule has 0 spiro atoms. The van der Waals surface area contributed by atoms with E-state index in [1.807, 2.05) is 60.7 Å². The molecule has 0 radical (unpaired) electrons. The van der Waals surface area contributed by atoms with Crippen LogP contribution in [0.1, 0.15) is 17.0 Å². The van der Waals surface area contributed by atoms with E-state index in [4.69, 9.17) is 21.4 Å². The first-order valence-corrected chi connectivity index (χ1v) is 19.9. The van der Waals surface area contributed by atoms with Crippen LogP contribution in [0.4, 0.5) is 11.4 Å². The molecule has 9 aromatic rings. The normalized spacial score (nSPS) is 14.8. The summed E-state index contributed by atoms with van der Waals surface area (Å²) in [5.74, 6) is 4.77. The molecule has 0 saturated carbocycles. The third-order valence-electron chi connectivity index (χ3n) is 11.1. The average Bonchev–Trinajstić information content (AvgIpc) is 3.67. The molecule has 1 unspecified atom stereocenters. The largest absolute Gasteiger partial charge is 0.337 e. The van der Waals surface area contributed by atoms with Gasteiger partial charge in [0.25, 0.3) is 0 Å². The number of rotatable bonds is 6. The van der Waals surface area contributed by atoms with Gasteiger partial charge in [-0.15, -0.1) is 6.42 Å². The molecule has 5 heteroatoms. The molecule has 0 N–H and O–H groups in total. The summed E-state index contributed by atoms with van der Waals surface area (Å²) < 4.78 is 2.34. The Morgan fingerprint density at radius 3 is 1.88 bits per heavy atom. The molecule has 1 aliphatic heterocycles. The van der Waals surface area contributed by atoms with Gasteiger partial charge in [0, 0.05) is 51.1 Å².